The summed E-state index contributed by atoms with van der Waals surface area (Å²) in [5, 5.41) is 0. The van der Waals surface area contributed by atoms with E-state index in [1.54, 1.807) is 0 Å². The van der Waals surface area contributed by atoms with Crippen LogP contribution in [0.25, 0.3) is 0 Å². The predicted molar refractivity (Wildman–Crippen MR) is 73.2 cm³/mol. The van der Waals surface area contributed by atoms with Crippen molar-refractivity contribution in [3.63, 3.8) is 0 Å². The average molecular weight is 284 g/mol. The number of hydrogen-bond donors (Lipinski definition) is 0. The highest BCUT2D eigenvalue weighted by Crippen LogP contribution is 2.56. The van der Waals surface area contributed by atoms with Gasteiger partial charge in [-0.3, -0.25) is 4.57 Å². The van der Waals surface area contributed by atoms with Crippen LogP contribution in [0.1, 0.15) is 32.1 Å². The van der Waals surface area contributed by atoms with Crippen molar-refractivity contribution in [2.45, 2.75) is 37.8 Å². The molecule has 0 spiro atoms. The highest BCUT2D eigenvalue weighted by Gasteiger charge is 2.31. The molecule has 0 aromatic heterocycles. The van der Waals surface area contributed by atoms with Gasteiger partial charge in [0, 0.05) is 41.5 Å². The van der Waals surface area contributed by atoms with Gasteiger partial charge in [0.25, 0.3) is 7.82 Å². The lowest BCUT2D eigenvalue weighted by molar-refractivity contribution is -0.220. The molecule has 17 heavy (non-hydrogen) atoms. The highest BCUT2D eigenvalue weighted by atomic mass is 31.2. The largest absolute Gasteiger partial charge is 0.756 e. The van der Waals surface area contributed by atoms with Gasteiger partial charge in [0.1, 0.15) is 0 Å². The first-order chi connectivity index (χ1) is 7.73. The van der Waals surface area contributed by atoms with Gasteiger partial charge in [-0.15, -0.1) is 0 Å². The zero-order valence-electron chi connectivity index (χ0n) is 11.6. The molecule has 0 unspecified atom stereocenters. The van der Waals surface area contributed by atoms with Crippen LogP contribution in [0.15, 0.2) is 0 Å². The standard InChI is InChI=1S/C9H20P.C2H7O4P/c1-10(2,3)9-7-5-4-6-8-9;1-5-7(3,4)6-2/h9H,4-8H2,1-3H3;1-2H3,(H,3,4)/q+1;/p-1. The first-order valence-corrected chi connectivity index (χ1v) is 10.6. The molecule has 0 aliphatic heterocycles. The van der Waals surface area contributed by atoms with Crippen molar-refractivity contribution in [2.24, 2.45) is 0 Å². The Labute approximate surface area is 106 Å². The third kappa shape index (κ3) is 8.29. The molecule has 0 bridgehead atoms. The van der Waals surface area contributed by atoms with Crippen LogP contribution in [0.2, 0.25) is 0 Å². The third-order valence-corrected chi connectivity index (χ3v) is 6.72. The van der Waals surface area contributed by atoms with Crippen molar-refractivity contribution >= 4 is 15.1 Å². The minimum Gasteiger partial charge on any atom is -0.756 e. The van der Waals surface area contributed by atoms with Gasteiger partial charge < -0.3 is 13.9 Å². The molecule has 6 heteroatoms. The van der Waals surface area contributed by atoms with Gasteiger partial charge in [-0.2, -0.15) is 0 Å². The van der Waals surface area contributed by atoms with Crippen LogP contribution in [0.4, 0.5) is 0 Å². The maximum absolute atomic E-state index is 9.95. The highest BCUT2D eigenvalue weighted by molar-refractivity contribution is 7.74. The van der Waals surface area contributed by atoms with Crippen LogP contribution in [-0.4, -0.2) is 39.9 Å². The summed E-state index contributed by atoms with van der Waals surface area (Å²) in [4.78, 5) is 9.95. The van der Waals surface area contributed by atoms with Gasteiger partial charge in [-0.25, -0.2) is 0 Å². The zero-order chi connectivity index (χ0) is 13.5. The van der Waals surface area contributed by atoms with E-state index in [9.17, 15) is 9.46 Å². The maximum Gasteiger partial charge on any atom is 0.267 e. The minimum absolute atomic E-state index is 0.491. The average Bonchev–Trinajstić information content (AvgIpc) is 2.30. The molecule has 0 heterocycles. The van der Waals surface area contributed by atoms with Gasteiger partial charge in [-0.1, -0.05) is 6.42 Å². The van der Waals surface area contributed by atoms with E-state index in [2.05, 4.69) is 29.0 Å². The van der Waals surface area contributed by atoms with E-state index in [-0.39, 0.29) is 0 Å². The number of hydrogen-bond acceptors (Lipinski definition) is 4. The van der Waals surface area contributed by atoms with E-state index in [1.165, 1.54) is 32.1 Å². The summed E-state index contributed by atoms with van der Waals surface area (Å²) in [6.45, 7) is 7.47. The molecule has 4 nitrogen and oxygen atoms in total. The van der Waals surface area contributed by atoms with Crippen LogP contribution < -0.4 is 4.89 Å². The SMILES string of the molecule is COP(=O)([O-])OC.C[P+](C)(C)C1CCCCC1. The summed E-state index contributed by atoms with van der Waals surface area (Å²) < 4.78 is 17.7. The smallest absolute Gasteiger partial charge is 0.267 e. The van der Waals surface area contributed by atoms with Gasteiger partial charge in [-0.05, 0) is 25.7 Å². The van der Waals surface area contributed by atoms with Crippen LogP contribution in [0, 0.1) is 0 Å². The van der Waals surface area contributed by atoms with Gasteiger partial charge in [0.2, 0.25) is 0 Å². The second-order valence-corrected chi connectivity index (χ2v) is 11.8. The van der Waals surface area contributed by atoms with Crippen LogP contribution >= 0.6 is 15.1 Å². The molecule has 1 aliphatic rings. The quantitative estimate of drug-likeness (QED) is 0.748. The molecule has 0 saturated heterocycles. The molecule has 1 aliphatic carbocycles. The fourth-order valence-corrected chi connectivity index (χ4v) is 3.99. The second-order valence-electron chi connectivity index (χ2n) is 5.22. The summed E-state index contributed by atoms with van der Waals surface area (Å²) in [5.41, 5.74) is 1.11. The van der Waals surface area contributed by atoms with Crippen LogP contribution in [-0.2, 0) is 13.6 Å². The molecule has 0 N–H and O–H groups in total. The summed E-state index contributed by atoms with van der Waals surface area (Å²) in [5.74, 6) is 0. The predicted octanol–water partition coefficient (Wildman–Crippen LogP) is 2.97. The molecule has 1 rings (SSSR count). The van der Waals surface area contributed by atoms with E-state index in [1.807, 2.05) is 0 Å². The molecule has 1 fully saturated rings. The van der Waals surface area contributed by atoms with Crippen molar-refractivity contribution < 1.29 is 18.5 Å². The Kier molecular flexibility index (Phi) is 8.11. The van der Waals surface area contributed by atoms with Crippen LogP contribution in [0.5, 0.6) is 0 Å². The van der Waals surface area contributed by atoms with Crippen molar-refractivity contribution in [1.29, 1.82) is 0 Å². The lowest BCUT2D eigenvalue weighted by Gasteiger charge is -2.27. The zero-order valence-corrected chi connectivity index (χ0v) is 13.4. The lowest BCUT2D eigenvalue weighted by Crippen LogP contribution is -2.15. The molecular weight excluding hydrogens is 258 g/mol. The minimum atomic E-state index is -3.90. The Bertz CT molecular complexity index is 236. The van der Waals surface area contributed by atoms with Crippen molar-refractivity contribution in [2.75, 3.05) is 34.2 Å². The van der Waals surface area contributed by atoms with Crippen molar-refractivity contribution in [1.82, 2.24) is 0 Å². The lowest BCUT2D eigenvalue weighted by atomic mass is 10.0. The number of rotatable bonds is 3. The van der Waals surface area contributed by atoms with E-state index < -0.39 is 15.1 Å². The molecule has 0 amide bonds. The molecule has 1 saturated carbocycles. The van der Waals surface area contributed by atoms with E-state index in [0.29, 0.717) is 0 Å². The second kappa shape index (κ2) is 7.86. The molecule has 104 valence electrons. The van der Waals surface area contributed by atoms with Gasteiger partial charge >= 0.3 is 0 Å². The monoisotopic (exact) mass is 284 g/mol. The molecule has 0 aromatic rings. The normalized spacial score (nSPS) is 18.5. The fourth-order valence-electron chi connectivity index (χ4n) is 1.93. The van der Waals surface area contributed by atoms with E-state index in [4.69, 9.17) is 0 Å². The molecule has 0 radical (unpaired) electrons. The van der Waals surface area contributed by atoms with E-state index >= 15 is 0 Å². The number of phosphoric ester groups is 1. The Balaban J connectivity index is 0.000000325. The fraction of sp³-hybridized carbons (Fsp3) is 1.00. The summed E-state index contributed by atoms with van der Waals surface area (Å²) in [6.07, 6.45) is 7.55. The molecule has 0 atom stereocenters. The van der Waals surface area contributed by atoms with Gasteiger partial charge in [0.15, 0.2) is 0 Å². The van der Waals surface area contributed by atoms with Crippen molar-refractivity contribution in [3.8, 4) is 0 Å². The van der Waals surface area contributed by atoms with Crippen LogP contribution in [0.3, 0.4) is 0 Å². The Morgan fingerprint density at radius 3 is 1.65 bits per heavy atom. The van der Waals surface area contributed by atoms with Crippen molar-refractivity contribution in [3.05, 3.63) is 0 Å². The maximum atomic E-state index is 9.95. The third-order valence-electron chi connectivity index (χ3n) is 3.12. The summed E-state index contributed by atoms with van der Waals surface area (Å²) in [7, 11) is -2.32. The van der Waals surface area contributed by atoms with Gasteiger partial charge in [0.05, 0.1) is 5.66 Å². The number of phosphoric acid groups is 1. The molecule has 0 aromatic carbocycles. The Morgan fingerprint density at radius 1 is 1.06 bits per heavy atom. The summed E-state index contributed by atoms with van der Waals surface area (Å²) in [6, 6.07) is 0. The Morgan fingerprint density at radius 2 is 1.47 bits per heavy atom. The first kappa shape index (κ1) is 17.5. The summed E-state index contributed by atoms with van der Waals surface area (Å²) >= 11 is 0. The topological polar surface area (TPSA) is 58.6 Å². The Hall–Kier alpha value is 0.540. The molecular formula is C11H26O4P2. The first-order valence-electron chi connectivity index (χ1n) is 5.96. The van der Waals surface area contributed by atoms with E-state index in [0.717, 1.165) is 19.9 Å².